The van der Waals surface area contributed by atoms with Crippen molar-refractivity contribution in [3.8, 4) is 0 Å². The molecule has 1 fully saturated rings. The van der Waals surface area contributed by atoms with Gasteiger partial charge in [-0.25, -0.2) is 16.8 Å². The van der Waals surface area contributed by atoms with Gasteiger partial charge in [-0.15, -0.1) is 0 Å². The Morgan fingerprint density at radius 2 is 1.50 bits per heavy atom. The molecular weight excluding hydrogens is 394 g/mol. The molecular formula is C21H27NO4S2. The first-order valence-electron chi connectivity index (χ1n) is 9.42. The second-order valence-corrected chi connectivity index (χ2v) is 12.2. The number of rotatable bonds is 5. The molecule has 7 heteroatoms. The molecule has 0 radical (unpaired) electrons. The third kappa shape index (κ3) is 4.31. The molecule has 0 aromatic heterocycles. The minimum Gasteiger partial charge on any atom is -0.224 e. The second kappa shape index (κ2) is 7.61. The molecule has 28 heavy (non-hydrogen) atoms. The highest BCUT2D eigenvalue weighted by molar-refractivity contribution is 7.91. The number of sulfone groups is 1. The standard InChI is InChI=1S/C21H27NO4S2/c1-21(2,3)17-11-13-20(14-12-17)28(25,26)22-15-7-8-18(22)16-27(23,24)19-9-5-4-6-10-19/h4-6,9-14,18H,7-8,15-16H2,1-3H3. The van der Waals surface area contributed by atoms with E-state index in [4.69, 9.17) is 0 Å². The minimum atomic E-state index is -3.74. The summed E-state index contributed by atoms with van der Waals surface area (Å²) in [7, 11) is -7.29. The molecule has 1 heterocycles. The van der Waals surface area contributed by atoms with Crippen molar-refractivity contribution in [1.82, 2.24) is 4.31 Å². The lowest BCUT2D eigenvalue weighted by atomic mass is 9.87. The maximum Gasteiger partial charge on any atom is 0.243 e. The van der Waals surface area contributed by atoms with Crippen LogP contribution in [-0.2, 0) is 25.3 Å². The SMILES string of the molecule is CC(C)(C)c1ccc(S(=O)(=O)N2CCCC2CS(=O)(=O)c2ccccc2)cc1. The second-order valence-electron chi connectivity index (χ2n) is 8.28. The Labute approximate surface area is 168 Å². The van der Waals surface area contributed by atoms with E-state index in [2.05, 4.69) is 20.8 Å². The molecule has 0 N–H and O–H groups in total. The van der Waals surface area contributed by atoms with Gasteiger partial charge in [-0.1, -0.05) is 51.1 Å². The summed E-state index contributed by atoms with van der Waals surface area (Å²) in [5.41, 5.74) is 0.985. The van der Waals surface area contributed by atoms with Gasteiger partial charge in [-0.3, -0.25) is 0 Å². The average Bonchev–Trinajstić information content (AvgIpc) is 3.10. The van der Waals surface area contributed by atoms with Crippen LogP contribution >= 0.6 is 0 Å². The van der Waals surface area contributed by atoms with Gasteiger partial charge in [0.05, 0.1) is 15.5 Å². The van der Waals surface area contributed by atoms with Crippen molar-refractivity contribution in [2.45, 2.75) is 54.9 Å². The van der Waals surface area contributed by atoms with E-state index >= 15 is 0 Å². The van der Waals surface area contributed by atoms with Gasteiger partial charge < -0.3 is 0 Å². The molecule has 0 amide bonds. The van der Waals surface area contributed by atoms with Crippen LogP contribution in [0.4, 0.5) is 0 Å². The summed E-state index contributed by atoms with van der Waals surface area (Å²) in [5, 5.41) is 0. The van der Waals surface area contributed by atoms with Gasteiger partial charge in [0, 0.05) is 12.6 Å². The van der Waals surface area contributed by atoms with Crippen LogP contribution in [0.2, 0.25) is 0 Å². The third-order valence-electron chi connectivity index (χ3n) is 5.16. The van der Waals surface area contributed by atoms with E-state index in [1.807, 2.05) is 12.1 Å². The monoisotopic (exact) mass is 421 g/mol. The maximum absolute atomic E-state index is 13.2. The lowest BCUT2D eigenvalue weighted by molar-refractivity contribution is 0.407. The molecule has 5 nitrogen and oxygen atoms in total. The fourth-order valence-electron chi connectivity index (χ4n) is 3.53. The first kappa shape index (κ1) is 21.0. The molecule has 1 aliphatic rings. The molecule has 1 unspecified atom stereocenters. The first-order valence-corrected chi connectivity index (χ1v) is 12.5. The average molecular weight is 422 g/mol. The Bertz CT molecular complexity index is 1020. The zero-order chi connectivity index (χ0) is 20.6. The first-order chi connectivity index (χ1) is 13.0. The number of hydrogen-bond donors (Lipinski definition) is 0. The van der Waals surface area contributed by atoms with E-state index in [9.17, 15) is 16.8 Å². The fraction of sp³-hybridized carbons (Fsp3) is 0.429. The van der Waals surface area contributed by atoms with Crippen molar-refractivity contribution in [3.63, 3.8) is 0 Å². The lowest BCUT2D eigenvalue weighted by Crippen LogP contribution is -2.39. The Morgan fingerprint density at radius 3 is 2.07 bits per heavy atom. The Balaban J connectivity index is 1.85. The highest BCUT2D eigenvalue weighted by atomic mass is 32.2. The van der Waals surface area contributed by atoms with Crippen molar-refractivity contribution in [2.75, 3.05) is 12.3 Å². The van der Waals surface area contributed by atoms with Crippen LogP contribution in [-0.4, -0.2) is 39.5 Å². The number of hydrogen-bond acceptors (Lipinski definition) is 4. The summed E-state index contributed by atoms with van der Waals surface area (Å²) in [6, 6.07) is 14.6. The normalized spacial score (nSPS) is 19.0. The van der Waals surface area contributed by atoms with Crippen LogP contribution in [0, 0.1) is 0 Å². The Kier molecular flexibility index (Phi) is 5.71. The van der Waals surface area contributed by atoms with Gasteiger partial charge in [0.1, 0.15) is 0 Å². The lowest BCUT2D eigenvalue weighted by Gasteiger charge is -2.25. The van der Waals surface area contributed by atoms with Crippen LogP contribution in [0.3, 0.4) is 0 Å². The van der Waals surface area contributed by atoms with Crippen LogP contribution in [0.5, 0.6) is 0 Å². The smallest absolute Gasteiger partial charge is 0.224 e. The van der Waals surface area contributed by atoms with Crippen LogP contribution in [0.1, 0.15) is 39.2 Å². The highest BCUT2D eigenvalue weighted by Crippen LogP contribution is 2.30. The van der Waals surface area contributed by atoms with Gasteiger partial charge >= 0.3 is 0 Å². The molecule has 1 atom stereocenters. The predicted molar refractivity (Wildman–Crippen MR) is 111 cm³/mol. The van der Waals surface area contributed by atoms with Crippen molar-refractivity contribution >= 4 is 19.9 Å². The summed E-state index contributed by atoms with van der Waals surface area (Å²) in [4.78, 5) is 0.443. The molecule has 0 aliphatic carbocycles. The van der Waals surface area contributed by atoms with Gasteiger partial charge in [0.25, 0.3) is 0 Å². The van der Waals surface area contributed by atoms with Gasteiger partial charge in [-0.2, -0.15) is 4.31 Å². The summed E-state index contributed by atoms with van der Waals surface area (Å²) in [6.07, 6.45) is 1.21. The molecule has 152 valence electrons. The summed E-state index contributed by atoms with van der Waals surface area (Å²) < 4.78 is 53.1. The van der Waals surface area contributed by atoms with Crippen LogP contribution in [0.25, 0.3) is 0 Å². The molecule has 2 aromatic rings. The van der Waals surface area contributed by atoms with Crippen molar-refractivity contribution in [1.29, 1.82) is 0 Å². The molecule has 1 aliphatic heterocycles. The van der Waals surface area contributed by atoms with Crippen LogP contribution < -0.4 is 0 Å². The highest BCUT2D eigenvalue weighted by Gasteiger charge is 2.38. The Hall–Kier alpha value is -1.70. The molecule has 0 bridgehead atoms. The van der Waals surface area contributed by atoms with E-state index in [0.29, 0.717) is 19.4 Å². The van der Waals surface area contributed by atoms with Crippen molar-refractivity contribution in [3.05, 3.63) is 60.2 Å². The summed E-state index contributed by atoms with van der Waals surface area (Å²) >= 11 is 0. The number of nitrogens with zero attached hydrogens (tertiary/aromatic N) is 1. The number of benzene rings is 2. The van der Waals surface area contributed by atoms with Gasteiger partial charge in [-0.05, 0) is 48.1 Å². The predicted octanol–water partition coefficient (Wildman–Crippen LogP) is 3.61. The zero-order valence-electron chi connectivity index (χ0n) is 16.5. The number of sulfonamides is 1. The van der Waals surface area contributed by atoms with E-state index in [1.54, 1.807) is 42.5 Å². The Morgan fingerprint density at radius 1 is 0.893 bits per heavy atom. The van der Waals surface area contributed by atoms with E-state index in [1.165, 1.54) is 4.31 Å². The zero-order valence-corrected chi connectivity index (χ0v) is 18.1. The van der Waals surface area contributed by atoms with E-state index in [-0.39, 0.29) is 21.0 Å². The van der Waals surface area contributed by atoms with E-state index < -0.39 is 25.9 Å². The molecule has 0 saturated carbocycles. The van der Waals surface area contributed by atoms with Crippen LogP contribution in [0.15, 0.2) is 64.4 Å². The van der Waals surface area contributed by atoms with Crippen molar-refractivity contribution < 1.29 is 16.8 Å². The maximum atomic E-state index is 13.2. The quantitative estimate of drug-likeness (QED) is 0.739. The summed E-state index contributed by atoms with van der Waals surface area (Å²) in [6.45, 7) is 6.56. The molecule has 0 spiro atoms. The summed E-state index contributed by atoms with van der Waals surface area (Å²) in [5.74, 6) is -0.198. The minimum absolute atomic E-state index is 0.0672. The molecule has 3 rings (SSSR count). The largest absolute Gasteiger partial charge is 0.243 e. The molecule has 2 aromatic carbocycles. The van der Waals surface area contributed by atoms with Gasteiger partial charge in [0.15, 0.2) is 9.84 Å². The third-order valence-corrected chi connectivity index (χ3v) is 8.94. The fourth-order valence-corrected chi connectivity index (χ4v) is 6.94. The van der Waals surface area contributed by atoms with E-state index in [0.717, 1.165) is 5.56 Å². The molecule has 1 saturated heterocycles. The van der Waals surface area contributed by atoms with Gasteiger partial charge in [0.2, 0.25) is 10.0 Å². The van der Waals surface area contributed by atoms with Crippen molar-refractivity contribution in [2.24, 2.45) is 0 Å². The topological polar surface area (TPSA) is 71.5 Å².